The second-order valence-electron chi connectivity index (χ2n) is 2.57. The van der Waals surface area contributed by atoms with Crippen LogP contribution in [-0.2, 0) is 4.79 Å². The van der Waals surface area contributed by atoms with E-state index in [1.54, 1.807) is 4.90 Å². The lowest BCUT2D eigenvalue weighted by Crippen LogP contribution is -2.21. The van der Waals surface area contributed by atoms with Crippen molar-refractivity contribution in [1.82, 2.24) is 4.90 Å². The lowest BCUT2D eigenvalue weighted by atomic mass is 10.2. The minimum absolute atomic E-state index is 0.174. The summed E-state index contributed by atoms with van der Waals surface area (Å²) in [7, 11) is 1.82. The van der Waals surface area contributed by atoms with Crippen molar-refractivity contribution in [2.24, 2.45) is 0 Å². The topological polar surface area (TPSA) is 20.3 Å². The predicted octanol–water partition coefficient (Wildman–Crippen LogP) is 0.795. The fourth-order valence-electron chi connectivity index (χ4n) is 1.01. The van der Waals surface area contributed by atoms with E-state index in [-0.39, 0.29) is 5.91 Å². The number of hydrogen-bond acceptors (Lipinski definition) is 1. The van der Waals surface area contributed by atoms with Gasteiger partial charge in [-0.05, 0) is 19.4 Å². The fourth-order valence-corrected chi connectivity index (χ4v) is 1.01. The van der Waals surface area contributed by atoms with Gasteiger partial charge in [-0.25, -0.2) is 0 Å². The van der Waals surface area contributed by atoms with Crippen LogP contribution in [0.3, 0.4) is 0 Å². The molecule has 0 aromatic carbocycles. The van der Waals surface area contributed by atoms with Crippen LogP contribution in [0.2, 0.25) is 0 Å². The zero-order valence-corrected chi connectivity index (χ0v) is 6.06. The number of carbonyl (C=O) groups is 1. The van der Waals surface area contributed by atoms with Crippen LogP contribution in [0.25, 0.3) is 0 Å². The van der Waals surface area contributed by atoms with E-state index in [9.17, 15) is 4.79 Å². The molecule has 50 valence electrons. The van der Waals surface area contributed by atoms with Crippen molar-refractivity contribution in [3.63, 3.8) is 0 Å². The lowest BCUT2D eigenvalue weighted by molar-refractivity contribution is -0.124. The Balaban J connectivity index is 2.87. The number of hydrogen-bond donors (Lipinski definition) is 0. The van der Waals surface area contributed by atoms with Crippen LogP contribution in [-0.4, -0.2) is 24.4 Å². The normalized spacial score (nSPS) is 19.9. The molecule has 1 aliphatic rings. The molecule has 2 heteroatoms. The van der Waals surface area contributed by atoms with Crippen molar-refractivity contribution in [1.29, 1.82) is 0 Å². The molecule has 0 saturated heterocycles. The van der Waals surface area contributed by atoms with E-state index in [0.29, 0.717) is 0 Å². The Hall–Kier alpha value is -0.790. The molecule has 0 fully saturated rings. The van der Waals surface area contributed by atoms with Crippen LogP contribution >= 0.6 is 0 Å². The molecule has 1 rings (SSSR count). The lowest BCUT2D eigenvalue weighted by Gasteiger charge is -2.06. The average Bonchev–Trinajstić information content (AvgIpc) is 1.98. The number of amides is 1. The Kier molecular flexibility index (Phi) is 1.31. The highest BCUT2D eigenvalue weighted by atomic mass is 16.2. The van der Waals surface area contributed by atoms with E-state index in [1.165, 1.54) is 5.57 Å². The maximum atomic E-state index is 11.0. The molecular formula is C7H11NO. The van der Waals surface area contributed by atoms with Gasteiger partial charge in [0.2, 0.25) is 5.91 Å². The smallest absolute Gasteiger partial charge is 0.249 e. The van der Waals surface area contributed by atoms with Crippen LogP contribution in [0.15, 0.2) is 11.1 Å². The van der Waals surface area contributed by atoms with Gasteiger partial charge in [0.15, 0.2) is 0 Å². The maximum Gasteiger partial charge on any atom is 0.249 e. The van der Waals surface area contributed by atoms with E-state index in [0.717, 1.165) is 12.1 Å². The maximum absolute atomic E-state index is 11.0. The van der Waals surface area contributed by atoms with Gasteiger partial charge in [-0.15, -0.1) is 0 Å². The van der Waals surface area contributed by atoms with Gasteiger partial charge in [-0.3, -0.25) is 4.79 Å². The van der Waals surface area contributed by atoms with Crippen molar-refractivity contribution < 1.29 is 4.79 Å². The summed E-state index contributed by atoms with van der Waals surface area (Å²) in [6, 6.07) is 0. The summed E-state index contributed by atoms with van der Waals surface area (Å²) in [6.07, 6.45) is 0. The Morgan fingerprint density at radius 2 is 2.00 bits per heavy atom. The van der Waals surface area contributed by atoms with Crippen molar-refractivity contribution >= 4 is 5.91 Å². The van der Waals surface area contributed by atoms with Crippen LogP contribution < -0.4 is 0 Å². The van der Waals surface area contributed by atoms with Crippen LogP contribution in [0, 0.1) is 0 Å². The summed E-state index contributed by atoms with van der Waals surface area (Å²) in [5.74, 6) is 0.174. The molecule has 0 N–H and O–H groups in total. The van der Waals surface area contributed by atoms with Crippen molar-refractivity contribution in [3.8, 4) is 0 Å². The van der Waals surface area contributed by atoms with Gasteiger partial charge in [0.1, 0.15) is 0 Å². The van der Waals surface area contributed by atoms with E-state index in [2.05, 4.69) is 0 Å². The Bertz CT molecular complexity index is 181. The first kappa shape index (κ1) is 6.33. The fraction of sp³-hybridized carbons (Fsp3) is 0.571. The number of likely N-dealkylation sites (N-methyl/N-ethyl adjacent to an activating group) is 1. The van der Waals surface area contributed by atoms with Crippen molar-refractivity contribution in [2.75, 3.05) is 13.6 Å². The van der Waals surface area contributed by atoms with E-state index in [4.69, 9.17) is 0 Å². The van der Waals surface area contributed by atoms with Gasteiger partial charge >= 0.3 is 0 Å². The minimum atomic E-state index is 0.174. The second-order valence-corrected chi connectivity index (χ2v) is 2.57. The Morgan fingerprint density at radius 1 is 1.44 bits per heavy atom. The minimum Gasteiger partial charge on any atom is -0.338 e. The molecule has 0 aromatic heterocycles. The van der Waals surface area contributed by atoms with Crippen molar-refractivity contribution in [3.05, 3.63) is 11.1 Å². The molecule has 0 saturated carbocycles. The molecule has 9 heavy (non-hydrogen) atoms. The van der Waals surface area contributed by atoms with Gasteiger partial charge < -0.3 is 4.90 Å². The Labute approximate surface area is 55.2 Å². The Morgan fingerprint density at radius 3 is 2.11 bits per heavy atom. The molecule has 0 radical (unpaired) electrons. The monoisotopic (exact) mass is 125 g/mol. The van der Waals surface area contributed by atoms with Crippen LogP contribution in [0.1, 0.15) is 13.8 Å². The first-order valence-corrected chi connectivity index (χ1v) is 3.04. The summed E-state index contributed by atoms with van der Waals surface area (Å²) in [5, 5.41) is 0. The van der Waals surface area contributed by atoms with Gasteiger partial charge in [-0.2, -0.15) is 0 Å². The van der Waals surface area contributed by atoms with Crippen LogP contribution in [0.5, 0.6) is 0 Å². The average molecular weight is 125 g/mol. The second kappa shape index (κ2) is 1.87. The zero-order valence-electron chi connectivity index (χ0n) is 6.06. The van der Waals surface area contributed by atoms with Gasteiger partial charge in [0.25, 0.3) is 0 Å². The summed E-state index contributed by atoms with van der Waals surface area (Å²) in [6.45, 7) is 4.68. The summed E-state index contributed by atoms with van der Waals surface area (Å²) >= 11 is 0. The highest BCUT2D eigenvalue weighted by Crippen LogP contribution is 2.15. The van der Waals surface area contributed by atoms with Gasteiger partial charge in [0, 0.05) is 19.2 Å². The molecule has 0 aliphatic carbocycles. The van der Waals surface area contributed by atoms with Crippen LogP contribution in [0.4, 0.5) is 0 Å². The molecular weight excluding hydrogens is 114 g/mol. The molecule has 0 atom stereocenters. The molecule has 1 heterocycles. The third-order valence-corrected chi connectivity index (χ3v) is 1.78. The van der Waals surface area contributed by atoms with E-state index >= 15 is 0 Å². The summed E-state index contributed by atoms with van der Waals surface area (Å²) < 4.78 is 0. The largest absolute Gasteiger partial charge is 0.338 e. The van der Waals surface area contributed by atoms with E-state index < -0.39 is 0 Å². The third kappa shape index (κ3) is 0.846. The summed E-state index contributed by atoms with van der Waals surface area (Å²) in [5.41, 5.74) is 2.11. The molecule has 0 aromatic rings. The number of rotatable bonds is 0. The highest BCUT2D eigenvalue weighted by Gasteiger charge is 2.20. The molecule has 1 amide bonds. The standard InChI is InChI=1S/C7H11NO/c1-5-4-8(3)7(9)6(5)2/h4H2,1-3H3. The molecule has 0 unspecified atom stereocenters. The summed E-state index contributed by atoms with van der Waals surface area (Å²) in [4.78, 5) is 12.7. The number of nitrogens with zero attached hydrogens (tertiary/aromatic N) is 1. The predicted molar refractivity (Wildman–Crippen MR) is 36.0 cm³/mol. The molecule has 0 spiro atoms. The molecule has 0 bridgehead atoms. The molecule has 2 nitrogen and oxygen atoms in total. The van der Waals surface area contributed by atoms with Gasteiger partial charge in [0.05, 0.1) is 0 Å². The SMILES string of the molecule is CC1=C(C)C(=O)N(C)C1. The van der Waals surface area contributed by atoms with Gasteiger partial charge in [-0.1, -0.05) is 0 Å². The highest BCUT2D eigenvalue weighted by molar-refractivity contribution is 5.96. The first-order chi connectivity index (χ1) is 4.13. The quantitative estimate of drug-likeness (QED) is 0.469. The molecule has 1 aliphatic heterocycles. The number of carbonyl (C=O) groups excluding carboxylic acids is 1. The zero-order chi connectivity index (χ0) is 7.02. The third-order valence-electron chi connectivity index (χ3n) is 1.78. The van der Waals surface area contributed by atoms with E-state index in [1.807, 2.05) is 20.9 Å². The first-order valence-electron chi connectivity index (χ1n) is 3.04. The van der Waals surface area contributed by atoms with Crippen molar-refractivity contribution in [2.45, 2.75) is 13.8 Å².